The summed E-state index contributed by atoms with van der Waals surface area (Å²) in [7, 11) is -3.88. The first-order valence-corrected chi connectivity index (χ1v) is 9.79. The van der Waals surface area contributed by atoms with Crippen LogP contribution in [0.15, 0.2) is 11.0 Å². The maximum Gasteiger partial charge on any atom is 0.347 e. The molecule has 1 aliphatic rings. The molecule has 2 N–H and O–H groups in total. The summed E-state index contributed by atoms with van der Waals surface area (Å²) in [5.74, 6) is -1.29. The third-order valence-corrected chi connectivity index (χ3v) is 6.64. The first-order valence-electron chi connectivity index (χ1n) is 7.11. The molecule has 2 heterocycles. The molecule has 1 atom stereocenters. The Hall–Kier alpha value is -0.670. The lowest BCUT2D eigenvalue weighted by molar-refractivity contribution is 0.0698. The van der Waals surface area contributed by atoms with Gasteiger partial charge in [0.05, 0.1) is 4.34 Å². The Balaban J connectivity index is 2.13. The molecule has 1 aromatic heterocycles. The van der Waals surface area contributed by atoms with Gasteiger partial charge in [-0.1, -0.05) is 24.9 Å². The fourth-order valence-electron chi connectivity index (χ4n) is 2.69. The van der Waals surface area contributed by atoms with Crippen molar-refractivity contribution < 1.29 is 18.3 Å². The summed E-state index contributed by atoms with van der Waals surface area (Å²) in [6.45, 7) is 4.17. The maximum atomic E-state index is 12.4. The van der Waals surface area contributed by atoms with Gasteiger partial charge in [0, 0.05) is 12.6 Å². The van der Waals surface area contributed by atoms with Gasteiger partial charge in [0.15, 0.2) is 0 Å². The van der Waals surface area contributed by atoms with Gasteiger partial charge in [0.1, 0.15) is 9.77 Å². The molecule has 0 unspecified atom stereocenters. The SMILES string of the molecule is CCN1CCCC[C@H]1CNS(=O)(=O)c1cc(Cl)sc1C(=O)O. The van der Waals surface area contributed by atoms with Crippen LogP contribution in [-0.2, 0) is 10.0 Å². The Bertz CT molecular complexity index is 644. The summed E-state index contributed by atoms with van der Waals surface area (Å²) < 4.78 is 27.4. The van der Waals surface area contributed by atoms with Gasteiger partial charge in [-0.3, -0.25) is 4.90 Å². The first kappa shape index (κ1) is 17.7. The van der Waals surface area contributed by atoms with E-state index in [2.05, 4.69) is 9.62 Å². The van der Waals surface area contributed by atoms with E-state index in [0.717, 1.165) is 43.7 Å². The predicted octanol–water partition coefficient (Wildman–Crippen LogP) is 2.25. The van der Waals surface area contributed by atoms with Crippen LogP contribution in [0.2, 0.25) is 4.34 Å². The fourth-order valence-corrected chi connectivity index (χ4v) is 5.41. The molecule has 2 rings (SSSR count). The summed E-state index contributed by atoms with van der Waals surface area (Å²) in [4.78, 5) is 12.9. The van der Waals surface area contributed by atoms with Crippen molar-refractivity contribution in [2.24, 2.45) is 0 Å². The monoisotopic (exact) mass is 366 g/mol. The number of likely N-dealkylation sites (tertiary alicyclic amines) is 1. The number of nitrogens with one attached hydrogen (secondary N) is 1. The number of carboxylic acids is 1. The highest BCUT2D eigenvalue weighted by Gasteiger charge is 2.28. The molecule has 1 saturated heterocycles. The molecule has 0 saturated carbocycles. The quantitative estimate of drug-likeness (QED) is 0.806. The normalized spacial score (nSPS) is 20.2. The number of sulfonamides is 1. The second-order valence-corrected chi connectivity index (χ2v) is 8.60. The smallest absolute Gasteiger partial charge is 0.347 e. The summed E-state index contributed by atoms with van der Waals surface area (Å²) in [6, 6.07) is 1.34. The molecular formula is C13H19ClN2O4S2. The second kappa shape index (κ2) is 7.27. The number of carboxylic acid groups (broad SMARTS) is 1. The molecule has 1 aliphatic heterocycles. The zero-order chi connectivity index (χ0) is 16.3. The number of carbonyl (C=O) groups is 1. The average Bonchev–Trinajstić information content (AvgIpc) is 2.89. The minimum atomic E-state index is -3.88. The summed E-state index contributed by atoms with van der Waals surface area (Å²) in [5, 5.41) is 9.09. The number of hydrogen-bond acceptors (Lipinski definition) is 5. The van der Waals surface area contributed by atoms with Crippen molar-refractivity contribution in [1.82, 2.24) is 9.62 Å². The van der Waals surface area contributed by atoms with Gasteiger partial charge >= 0.3 is 5.97 Å². The summed E-state index contributed by atoms with van der Waals surface area (Å²) >= 11 is 6.52. The minimum Gasteiger partial charge on any atom is -0.477 e. The van der Waals surface area contributed by atoms with Crippen LogP contribution in [0.4, 0.5) is 0 Å². The van der Waals surface area contributed by atoms with Gasteiger partial charge in [0.2, 0.25) is 10.0 Å². The summed E-state index contributed by atoms with van der Waals surface area (Å²) in [6.07, 6.45) is 3.14. The van der Waals surface area contributed by atoms with E-state index < -0.39 is 16.0 Å². The number of hydrogen-bond donors (Lipinski definition) is 2. The first-order chi connectivity index (χ1) is 10.3. The molecule has 6 nitrogen and oxygen atoms in total. The van der Waals surface area contributed by atoms with E-state index >= 15 is 0 Å². The van der Waals surface area contributed by atoms with Crippen LogP contribution in [0.5, 0.6) is 0 Å². The number of likely N-dealkylation sites (N-methyl/N-ethyl adjacent to an activating group) is 1. The molecule has 0 bridgehead atoms. The molecule has 22 heavy (non-hydrogen) atoms. The number of thiophene rings is 1. The van der Waals surface area contributed by atoms with Crippen molar-refractivity contribution in [2.75, 3.05) is 19.6 Å². The van der Waals surface area contributed by atoms with E-state index in [1.54, 1.807) is 0 Å². The van der Waals surface area contributed by atoms with Gasteiger partial charge in [0.25, 0.3) is 0 Å². The van der Waals surface area contributed by atoms with Crippen molar-refractivity contribution in [3.8, 4) is 0 Å². The minimum absolute atomic E-state index is 0.144. The van der Waals surface area contributed by atoms with Gasteiger partial charge in [-0.25, -0.2) is 17.9 Å². The third kappa shape index (κ3) is 3.99. The van der Waals surface area contributed by atoms with Crippen molar-refractivity contribution in [3.05, 3.63) is 15.3 Å². The summed E-state index contributed by atoms with van der Waals surface area (Å²) in [5.41, 5.74) is 0. The van der Waals surface area contributed by atoms with E-state index in [4.69, 9.17) is 16.7 Å². The van der Waals surface area contributed by atoms with E-state index in [0.29, 0.717) is 0 Å². The standard InChI is InChI=1S/C13H19ClN2O4S2/c1-2-16-6-4-3-5-9(16)8-15-22(19,20)10-7-11(14)21-12(10)13(17)18/h7,9,15H,2-6,8H2,1H3,(H,17,18)/t9-/m0/s1. The Morgan fingerprint density at radius 3 is 2.91 bits per heavy atom. The molecule has 1 fully saturated rings. The number of halogens is 1. The van der Waals surface area contributed by atoms with Crippen LogP contribution in [0.25, 0.3) is 0 Å². The molecule has 0 spiro atoms. The third-order valence-electron chi connectivity index (χ3n) is 3.82. The van der Waals surface area contributed by atoms with Crippen molar-refractivity contribution in [2.45, 2.75) is 37.1 Å². The van der Waals surface area contributed by atoms with E-state index in [9.17, 15) is 13.2 Å². The maximum absolute atomic E-state index is 12.4. The van der Waals surface area contributed by atoms with Gasteiger partial charge in [-0.05, 0) is 32.0 Å². The van der Waals surface area contributed by atoms with Crippen molar-refractivity contribution in [3.63, 3.8) is 0 Å². The number of aromatic carboxylic acids is 1. The van der Waals surface area contributed by atoms with Crippen LogP contribution < -0.4 is 4.72 Å². The Morgan fingerprint density at radius 1 is 1.55 bits per heavy atom. The number of piperidine rings is 1. The molecule has 0 amide bonds. The molecule has 0 aliphatic carbocycles. The number of rotatable bonds is 6. The largest absolute Gasteiger partial charge is 0.477 e. The van der Waals surface area contributed by atoms with E-state index in [1.807, 2.05) is 6.92 Å². The highest BCUT2D eigenvalue weighted by Crippen LogP contribution is 2.30. The van der Waals surface area contributed by atoms with Crippen LogP contribution in [-0.4, -0.2) is 50.1 Å². The molecule has 124 valence electrons. The molecule has 0 radical (unpaired) electrons. The zero-order valence-corrected chi connectivity index (χ0v) is 14.6. The van der Waals surface area contributed by atoms with Crippen molar-refractivity contribution >= 4 is 38.9 Å². The van der Waals surface area contributed by atoms with Crippen molar-refractivity contribution in [1.29, 1.82) is 0 Å². The predicted molar refractivity (Wildman–Crippen MR) is 86.4 cm³/mol. The van der Waals surface area contributed by atoms with Crippen LogP contribution in [0.3, 0.4) is 0 Å². The lowest BCUT2D eigenvalue weighted by atomic mass is 10.0. The van der Waals surface area contributed by atoms with Gasteiger partial charge in [-0.15, -0.1) is 11.3 Å². The Kier molecular flexibility index (Phi) is 5.84. The van der Waals surface area contributed by atoms with Gasteiger partial charge < -0.3 is 5.11 Å². The fraction of sp³-hybridized carbons (Fsp3) is 0.615. The molecule has 9 heteroatoms. The topological polar surface area (TPSA) is 86.7 Å². The highest BCUT2D eigenvalue weighted by atomic mass is 35.5. The Labute approximate surface area is 139 Å². The van der Waals surface area contributed by atoms with Crippen LogP contribution in [0.1, 0.15) is 35.9 Å². The number of nitrogens with zero attached hydrogens (tertiary/aromatic N) is 1. The van der Waals surface area contributed by atoms with Crippen LogP contribution >= 0.6 is 22.9 Å². The average molecular weight is 367 g/mol. The van der Waals surface area contributed by atoms with E-state index in [1.165, 1.54) is 6.07 Å². The lowest BCUT2D eigenvalue weighted by Gasteiger charge is -2.34. The highest BCUT2D eigenvalue weighted by molar-refractivity contribution is 7.89. The second-order valence-electron chi connectivity index (χ2n) is 5.18. The Morgan fingerprint density at radius 2 is 2.27 bits per heavy atom. The molecule has 1 aromatic rings. The van der Waals surface area contributed by atoms with Crippen LogP contribution in [0, 0.1) is 0 Å². The molecule has 0 aromatic carbocycles. The lowest BCUT2D eigenvalue weighted by Crippen LogP contribution is -2.46. The zero-order valence-electron chi connectivity index (χ0n) is 12.2. The molecular weight excluding hydrogens is 348 g/mol. The van der Waals surface area contributed by atoms with E-state index in [-0.39, 0.29) is 26.7 Å². The van der Waals surface area contributed by atoms with Gasteiger partial charge in [-0.2, -0.15) is 0 Å².